The molecular formula is C21H26O9S2. The van der Waals surface area contributed by atoms with E-state index in [2.05, 4.69) is 0 Å². The number of hydrogen-bond donors (Lipinski definition) is 0. The zero-order chi connectivity index (χ0) is 23.5. The Balaban J connectivity index is 1.90. The standard InChI is InChI=1S/C21H26O9S2/c1-14-5-9-16(10-6-14)31(22,23)29-18-13-28-20(21(26-3)27-4)19(18)30-32(24,25)17-11-7-15(2)8-12-17/h5-12,18-21H,13H2,1-4H3/t18-,19+,20+/m0/s1. The molecule has 0 N–H and O–H groups in total. The quantitative estimate of drug-likeness (QED) is 0.388. The average Bonchev–Trinajstić information content (AvgIpc) is 3.10. The number of aryl methyl sites for hydroxylation is 2. The molecule has 2 aromatic carbocycles. The van der Waals surface area contributed by atoms with Gasteiger partial charge in [0.05, 0.1) is 16.4 Å². The van der Waals surface area contributed by atoms with Gasteiger partial charge in [-0.3, -0.25) is 8.37 Å². The second kappa shape index (κ2) is 9.96. The van der Waals surface area contributed by atoms with Crippen molar-refractivity contribution in [3.05, 3.63) is 59.7 Å². The van der Waals surface area contributed by atoms with Crippen molar-refractivity contribution in [3.8, 4) is 0 Å². The molecule has 0 bridgehead atoms. The Morgan fingerprint density at radius 2 is 1.22 bits per heavy atom. The van der Waals surface area contributed by atoms with E-state index in [1.54, 1.807) is 24.3 Å². The predicted molar refractivity (Wildman–Crippen MR) is 114 cm³/mol. The molecule has 3 atom stereocenters. The van der Waals surface area contributed by atoms with Crippen LogP contribution in [0.5, 0.6) is 0 Å². The molecule has 1 saturated heterocycles. The van der Waals surface area contributed by atoms with Crippen LogP contribution in [-0.4, -0.2) is 62.3 Å². The van der Waals surface area contributed by atoms with Gasteiger partial charge in [-0.05, 0) is 38.1 Å². The van der Waals surface area contributed by atoms with Gasteiger partial charge < -0.3 is 14.2 Å². The lowest BCUT2D eigenvalue weighted by Crippen LogP contribution is -2.44. The zero-order valence-electron chi connectivity index (χ0n) is 18.1. The first-order chi connectivity index (χ1) is 15.1. The highest BCUT2D eigenvalue weighted by Crippen LogP contribution is 2.30. The van der Waals surface area contributed by atoms with Crippen LogP contribution in [-0.2, 0) is 42.8 Å². The molecule has 0 unspecified atom stereocenters. The SMILES string of the molecule is COC(OC)[C@@H]1OC[C@H](OS(=O)(=O)c2ccc(C)cc2)[C@H]1OS(=O)(=O)c1ccc(C)cc1. The van der Waals surface area contributed by atoms with Gasteiger partial charge in [-0.15, -0.1) is 0 Å². The van der Waals surface area contributed by atoms with Crippen molar-refractivity contribution in [2.45, 2.75) is 48.2 Å². The lowest BCUT2D eigenvalue weighted by Gasteiger charge is -2.26. The molecule has 11 heteroatoms. The third kappa shape index (κ3) is 5.54. The number of methoxy groups -OCH3 is 2. The maximum absolute atomic E-state index is 12.9. The summed E-state index contributed by atoms with van der Waals surface area (Å²) in [5.74, 6) is 0. The Morgan fingerprint density at radius 1 is 0.781 bits per heavy atom. The number of rotatable bonds is 9. The fourth-order valence-electron chi connectivity index (χ4n) is 3.23. The first kappa shape index (κ1) is 24.8. The molecule has 3 rings (SSSR count). The van der Waals surface area contributed by atoms with Gasteiger partial charge in [0.15, 0.2) is 6.29 Å². The van der Waals surface area contributed by atoms with Gasteiger partial charge in [0, 0.05) is 14.2 Å². The molecule has 9 nitrogen and oxygen atoms in total. The van der Waals surface area contributed by atoms with Crippen molar-refractivity contribution in [1.82, 2.24) is 0 Å². The van der Waals surface area contributed by atoms with Crippen molar-refractivity contribution < 1.29 is 39.4 Å². The molecule has 1 fully saturated rings. The Bertz CT molecular complexity index is 1110. The largest absolute Gasteiger partial charge is 0.367 e. The van der Waals surface area contributed by atoms with Crippen LogP contribution in [0.3, 0.4) is 0 Å². The molecule has 0 amide bonds. The van der Waals surface area contributed by atoms with Gasteiger partial charge in [0.2, 0.25) is 0 Å². The van der Waals surface area contributed by atoms with E-state index < -0.39 is 44.8 Å². The molecule has 1 heterocycles. The molecule has 1 aliphatic heterocycles. The van der Waals surface area contributed by atoms with Gasteiger partial charge in [-0.25, -0.2) is 0 Å². The van der Waals surface area contributed by atoms with E-state index in [-0.39, 0.29) is 16.4 Å². The molecule has 1 aliphatic rings. The Labute approximate surface area is 188 Å². The lowest BCUT2D eigenvalue weighted by atomic mass is 10.1. The summed E-state index contributed by atoms with van der Waals surface area (Å²) in [6.45, 7) is 3.40. The first-order valence-electron chi connectivity index (χ1n) is 9.74. The number of ether oxygens (including phenoxy) is 3. The van der Waals surface area contributed by atoms with Crippen molar-refractivity contribution in [2.24, 2.45) is 0 Å². The Morgan fingerprint density at radius 3 is 1.66 bits per heavy atom. The first-order valence-corrected chi connectivity index (χ1v) is 12.6. The average molecular weight is 487 g/mol. The third-order valence-corrected chi connectivity index (χ3v) is 7.66. The van der Waals surface area contributed by atoms with Crippen LogP contribution in [0.1, 0.15) is 11.1 Å². The maximum Gasteiger partial charge on any atom is 0.297 e. The molecule has 0 spiro atoms. The van der Waals surface area contributed by atoms with E-state index in [9.17, 15) is 16.8 Å². The summed E-state index contributed by atoms with van der Waals surface area (Å²) in [4.78, 5) is -0.151. The van der Waals surface area contributed by atoms with Gasteiger partial charge in [-0.2, -0.15) is 16.8 Å². The summed E-state index contributed by atoms with van der Waals surface area (Å²) < 4.78 is 78.2. The molecular weight excluding hydrogens is 460 g/mol. The monoisotopic (exact) mass is 486 g/mol. The third-order valence-electron chi connectivity index (χ3n) is 4.98. The van der Waals surface area contributed by atoms with Gasteiger partial charge in [0.1, 0.15) is 18.3 Å². The second-order valence-corrected chi connectivity index (χ2v) is 10.5. The number of hydrogen-bond acceptors (Lipinski definition) is 9. The summed E-state index contributed by atoms with van der Waals surface area (Å²) in [5, 5.41) is 0. The van der Waals surface area contributed by atoms with E-state index in [0.717, 1.165) is 11.1 Å². The Hall–Kier alpha value is -1.86. The van der Waals surface area contributed by atoms with Crippen LogP contribution >= 0.6 is 0 Å². The molecule has 0 aromatic heterocycles. The van der Waals surface area contributed by atoms with Crippen molar-refractivity contribution in [3.63, 3.8) is 0 Å². The summed E-state index contributed by atoms with van der Waals surface area (Å²) in [5.41, 5.74) is 1.75. The van der Waals surface area contributed by atoms with Gasteiger partial charge in [-0.1, -0.05) is 35.4 Å². The zero-order valence-corrected chi connectivity index (χ0v) is 19.8. The van der Waals surface area contributed by atoms with E-state index in [1.165, 1.54) is 38.5 Å². The highest BCUT2D eigenvalue weighted by atomic mass is 32.2. The topological polar surface area (TPSA) is 114 Å². The van der Waals surface area contributed by atoms with Crippen LogP contribution in [0.25, 0.3) is 0 Å². The minimum absolute atomic E-state index is 0.0678. The highest BCUT2D eigenvalue weighted by molar-refractivity contribution is 7.87. The van der Waals surface area contributed by atoms with Crippen LogP contribution < -0.4 is 0 Å². The van der Waals surface area contributed by atoms with Crippen LogP contribution in [0.2, 0.25) is 0 Å². The fourth-order valence-corrected chi connectivity index (χ4v) is 5.41. The van der Waals surface area contributed by atoms with Crippen molar-refractivity contribution in [1.29, 1.82) is 0 Å². The number of benzene rings is 2. The molecule has 0 aliphatic carbocycles. The molecule has 0 saturated carbocycles. The minimum Gasteiger partial charge on any atom is -0.367 e. The highest BCUT2D eigenvalue weighted by Gasteiger charge is 2.48. The van der Waals surface area contributed by atoms with Crippen molar-refractivity contribution in [2.75, 3.05) is 20.8 Å². The second-order valence-electron chi connectivity index (χ2n) is 7.37. The van der Waals surface area contributed by atoms with E-state index in [1.807, 2.05) is 13.8 Å². The van der Waals surface area contributed by atoms with Gasteiger partial charge >= 0.3 is 0 Å². The summed E-state index contributed by atoms with van der Waals surface area (Å²) >= 11 is 0. The predicted octanol–water partition coefficient (Wildman–Crippen LogP) is 2.17. The van der Waals surface area contributed by atoms with Crippen LogP contribution in [0, 0.1) is 13.8 Å². The summed E-state index contributed by atoms with van der Waals surface area (Å²) in [7, 11) is -5.79. The minimum atomic E-state index is -4.27. The summed E-state index contributed by atoms with van der Waals surface area (Å²) in [6, 6.07) is 12.1. The summed E-state index contributed by atoms with van der Waals surface area (Å²) in [6.07, 6.45) is -4.65. The van der Waals surface area contributed by atoms with E-state index in [4.69, 9.17) is 22.6 Å². The normalized spacial score (nSPS) is 21.8. The van der Waals surface area contributed by atoms with Crippen molar-refractivity contribution >= 4 is 20.2 Å². The maximum atomic E-state index is 12.9. The van der Waals surface area contributed by atoms with Crippen LogP contribution in [0.15, 0.2) is 58.3 Å². The molecule has 32 heavy (non-hydrogen) atoms. The molecule has 2 aromatic rings. The van der Waals surface area contributed by atoms with Crippen LogP contribution in [0.4, 0.5) is 0 Å². The smallest absolute Gasteiger partial charge is 0.297 e. The lowest BCUT2D eigenvalue weighted by molar-refractivity contribution is -0.182. The Kier molecular flexibility index (Phi) is 7.71. The van der Waals surface area contributed by atoms with E-state index in [0.29, 0.717) is 0 Å². The van der Waals surface area contributed by atoms with Gasteiger partial charge in [0.25, 0.3) is 20.2 Å². The van der Waals surface area contributed by atoms with E-state index >= 15 is 0 Å². The fraction of sp³-hybridized carbons (Fsp3) is 0.429. The molecule has 0 radical (unpaired) electrons. The molecule has 176 valence electrons.